The summed E-state index contributed by atoms with van der Waals surface area (Å²) in [5, 5.41) is 0. The van der Waals surface area contributed by atoms with Crippen molar-refractivity contribution in [1.29, 1.82) is 0 Å². The molecule has 152 valence electrons. The molecule has 6 heteroatoms. The summed E-state index contributed by atoms with van der Waals surface area (Å²) in [6.07, 6.45) is 6.38. The van der Waals surface area contributed by atoms with Crippen molar-refractivity contribution in [3.63, 3.8) is 0 Å². The van der Waals surface area contributed by atoms with Crippen molar-refractivity contribution in [3.8, 4) is 11.1 Å². The quantitative estimate of drug-likeness (QED) is 0.607. The first kappa shape index (κ1) is 19.1. The number of piperidine rings is 1. The number of thioether (sulfide) groups is 1. The lowest BCUT2D eigenvalue weighted by Gasteiger charge is -2.43. The van der Waals surface area contributed by atoms with Crippen LogP contribution in [-0.2, 0) is 6.54 Å². The van der Waals surface area contributed by atoms with E-state index in [4.69, 9.17) is 0 Å². The standard InChI is InChI=1S/C24H23N3O2S/c1-30-20-4-2-17(3-5-20)21-6-7-22-19-12-16(14-27(22)24(21)29)13-26(15-19)23(28)18-8-10-25-11-9-18/h2-11,16,19H,12-15H2,1H3/t16-,19-/m1/s1. The molecule has 0 saturated carbocycles. The van der Waals surface area contributed by atoms with E-state index in [0.29, 0.717) is 31.1 Å². The molecule has 1 fully saturated rings. The van der Waals surface area contributed by atoms with Gasteiger partial charge in [-0.15, -0.1) is 11.8 Å². The molecule has 4 heterocycles. The fourth-order valence-electron chi connectivity index (χ4n) is 4.78. The second-order valence-electron chi connectivity index (χ2n) is 8.06. The number of hydrogen-bond donors (Lipinski definition) is 0. The van der Waals surface area contributed by atoms with E-state index >= 15 is 0 Å². The molecule has 0 N–H and O–H groups in total. The molecule has 0 spiro atoms. The molecule has 2 aliphatic rings. The van der Waals surface area contributed by atoms with E-state index in [-0.39, 0.29) is 17.4 Å². The lowest BCUT2D eigenvalue weighted by Crippen LogP contribution is -2.49. The van der Waals surface area contributed by atoms with Crippen LogP contribution in [0.3, 0.4) is 0 Å². The summed E-state index contributed by atoms with van der Waals surface area (Å²) in [5.41, 5.74) is 3.50. The van der Waals surface area contributed by atoms with Crippen molar-refractivity contribution in [2.45, 2.75) is 23.8 Å². The fourth-order valence-corrected chi connectivity index (χ4v) is 5.19. The number of fused-ring (bicyclic) bond motifs is 4. The number of pyridine rings is 2. The molecule has 0 aliphatic carbocycles. The maximum absolute atomic E-state index is 13.3. The molecular formula is C24H23N3O2S. The van der Waals surface area contributed by atoms with E-state index in [1.165, 1.54) is 4.90 Å². The van der Waals surface area contributed by atoms with Gasteiger partial charge in [-0.25, -0.2) is 0 Å². The van der Waals surface area contributed by atoms with Gasteiger partial charge in [0.1, 0.15) is 0 Å². The van der Waals surface area contributed by atoms with E-state index in [9.17, 15) is 9.59 Å². The summed E-state index contributed by atoms with van der Waals surface area (Å²) in [4.78, 5) is 33.4. The van der Waals surface area contributed by atoms with Crippen molar-refractivity contribution in [3.05, 3.63) is 82.5 Å². The molecule has 5 rings (SSSR count). The van der Waals surface area contributed by atoms with Crippen LogP contribution in [0.2, 0.25) is 0 Å². The lowest BCUT2D eigenvalue weighted by molar-refractivity contribution is 0.0594. The first-order valence-electron chi connectivity index (χ1n) is 10.2. The lowest BCUT2D eigenvalue weighted by atomic mass is 9.82. The smallest absolute Gasteiger partial charge is 0.258 e. The Hall–Kier alpha value is -2.86. The third-order valence-electron chi connectivity index (χ3n) is 6.22. The van der Waals surface area contributed by atoms with Gasteiger partial charge in [-0.1, -0.05) is 12.1 Å². The topological polar surface area (TPSA) is 55.2 Å². The molecular weight excluding hydrogens is 394 g/mol. The highest BCUT2D eigenvalue weighted by Gasteiger charge is 2.36. The van der Waals surface area contributed by atoms with Crippen molar-refractivity contribution in [2.75, 3.05) is 19.3 Å². The summed E-state index contributed by atoms with van der Waals surface area (Å²) >= 11 is 1.69. The van der Waals surface area contributed by atoms with Crippen molar-refractivity contribution in [2.24, 2.45) is 5.92 Å². The van der Waals surface area contributed by atoms with Gasteiger partial charge in [0, 0.05) is 59.7 Å². The minimum atomic E-state index is 0.0494. The van der Waals surface area contributed by atoms with E-state index in [0.717, 1.165) is 23.2 Å². The molecule has 1 aromatic carbocycles. The van der Waals surface area contributed by atoms with E-state index in [2.05, 4.69) is 23.2 Å². The zero-order valence-electron chi connectivity index (χ0n) is 16.8. The Bertz CT molecular complexity index is 1140. The highest BCUT2D eigenvalue weighted by molar-refractivity contribution is 7.98. The molecule has 2 aromatic heterocycles. The maximum atomic E-state index is 13.3. The number of nitrogens with zero attached hydrogens (tertiary/aromatic N) is 3. The second-order valence-corrected chi connectivity index (χ2v) is 8.94. The highest BCUT2D eigenvalue weighted by Crippen LogP contribution is 2.36. The van der Waals surface area contributed by atoms with Gasteiger partial charge in [-0.3, -0.25) is 14.6 Å². The van der Waals surface area contributed by atoms with Gasteiger partial charge < -0.3 is 9.47 Å². The van der Waals surface area contributed by atoms with E-state index in [1.54, 1.807) is 36.3 Å². The van der Waals surface area contributed by atoms with Gasteiger partial charge in [0.15, 0.2) is 0 Å². The van der Waals surface area contributed by atoms with Crippen LogP contribution in [-0.4, -0.2) is 39.7 Å². The molecule has 2 bridgehead atoms. The number of rotatable bonds is 3. The predicted molar refractivity (Wildman–Crippen MR) is 119 cm³/mol. The number of benzene rings is 1. The van der Waals surface area contributed by atoms with Gasteiger partial charge in [0.25, 0.3) is 11.5 Å². The van der Waals surface area contributed by atoms with Crippen LogP contribution in [0.4, 0.5) is 0 Å². The van der Waals surface area contributed by atoms with Gasteiger partial charge in [0.2, 0.25) is 0 Å². The van der Waals surface area contributed by atoms with Crippen molar-refractivity contribution >= 4 is 17.7 Å². The SMILES string of the molecule is CSc1ccc(-c2ccc3n(c2=O)C[C@@H]2C[C@@H]3CN(C(=O)c3ccncc3)C2)cc1. The van der Waals surface area contributed by atoms with Crippen LogP contribution in [0.25, 0.3) is 11.1 Å². The average molecular weight is 418 g/mol. The van der Waals surface area contributed by atoms with E-state index in [1.807, 2.05) is 33.9 Å². The Morgan fingerprint density at radius 3 is 2.50 bits per heavy atom. The predicted octanol–water partition coefficient (Wildman–Crippen LogP) is 3.89. The maximum Gasteiger partial charge on any atom is 0.258 e. The molecule has 2 atom stereocenters. The number of carbonyl (C=O) groups excluding carboxylic acids is 1. The number of likely N-dealkylation sites (tertiary alicyclic amines) is 1. The molecule has 30 heavy (non-hydrogen) atoms. The Kier molecular flexibility index (Phi) is 4.95. The number of carbonyl (C=O) groups is 1. The Morgan fingerprint density at radius 1 is 1.00 bits per heavy atom. The summed E-state index contributed by atoms with van der Waals surface area (Å²) < 4.78 is 1.95. The summed E-state index contributed by atoms with van der Waals surface area (Å²) in [7, 11) is 0. The van der Waals surface area contributed by atoms with Crippen LogP contribution in [0, 0.1) is 5.92 Å². The third kappa shape index (κ3) is 3.35. The Morgan fingerprint density at radius 2 is 1.77 bits per heavy atom. The largest absolute Gasteiger partial charge is 0.338 e. The van der Waals surface area contributed by atoms with Crippen LogP contribution in [0.15, 0.2) is 70.6 Å². The molecule has 0 unspecified atom stereocenters. The number of hydrogen-bond acceptors (Lipinski definition) is 4. The molecule has 5 nitrogen and oxygen atoms in total. The average Bonchev–Trinajstić information content (AvgIpc) is 2.80. The molecule has 2 aliphatic heterocycles. The van der Waals surface area contributed by atoms with Crippen LogP contribution < -0.4 is 5.56 Å². The zero-order chi connectivity index (χ0) is 20.7. The molecule has 1 amide bonds. The number of aromatic nitrogens is 2. The molecule has 3 aromatic rings. The molecule has 1 saturated heterocycles. The van der Waals surface area contributed by atoms with Crippen LogP contribution in [0.5, 0.6) is 0 Å². The second kappa shape index (κ2) is 7.76. The van der Waals surface area contributed by atoms with E-state index < -0.39 is 0 Å². The van der Waals surface area contributed by atoms with Crippen LogP contribution in [0.1, 0.15) is 28.4 Å². The third-order valence-corrected chi connectivity index (χ3v) is 6.96. The highest BCUT2D eigenvalue weighted by atomic mass is 32.2. The van der Waals surface area contributed by atoms with Gasteiger partial charge >= 0.3 is 0 Å². The summed E-state index contributed by atoms with van der Waals surface area (Å²) in [6.45, 7) is 2.01. The minimum Gasteiger partial charge on any atom is -0.338 e. The first-order valence-corrected chi connectivity index (χ1v) is 11.4. The minimum absolute atomic E-state index is 0.0494. The zero-order valence-corrected chi connectivity index (χ0v) is 17.6. The van der Waals surface area contributed by atoms with Gasteiger partial charge in [0.05, 0.1) is 0 Å². The normalized spacial score (nSPS) is 20.0. The van der Waals surface area contributed by atoms with Gasteiger partial charge in [-0.2, -0.15) is 0 Å². The Labute approximate surface area is 179 Å². The summed E-state index contributed by atoms with van der Waals surface area (Å²) in [6, 6.07) is 15.7. The van der Waals surface area contributed by atoms with Crippen LogP contribution >= 0.6 is 11.8 Å². The molecule has 0 radical (unpaired) electrons. The number of amides is 1. The Balaban J connectivity index is 1.45. The van der Waals surface area contributed by atoms with Crippen molar-refractivity contribution in [1.82, 2.24) is 14.5 Å². The first-order chi connectivity index (χ1) is 14.6. The van der Waals surface area contributed by atoms with Crippen molar-refractivity contribution < 1.29 is 4.79 Å². The monoisotopic (exact) mass is 417 g/mol. The fraction of sp³-hybridized carbons (Fsp3) is 0.292. The summed E-state index contributed by atoms with van der Waals surface area (Å²) in [5.74, 6) is 0.547. The van der Waals surface area contributed by atoms with Gasteiger partial charge in [-0.05, 0) is 60.6 Å².